The van der Waals surface area contributed by atoms with E-state index >= 15 is 0 Å². The molecule has 2 rings (SSSR count). The summed E-state index contributed by atoms with van der Waals surface area (Å²) in [5, 5.41) is 1.55. The lowest BCUT2D eigenvalue weighted by Gasteiger charge is -2.28. The van der Waals surface area contributed by atoms with Gasteiger partial charge in [0.1, 0.15) is 0 Å². The Bertz CT molecular complexity index is 506. The summed E-state index contributed by atoms with van der Waals surface area (Å²) in [5.74, 6) is 0. The zero-order valence-electron chi connectivity index (χ0n) is 12.3. The monoisotopic (exact) mass is 270 g/mol. The molecule has 2 aromatic carbocycles. The van der Waals surface area contributed by atoms with E-state index in [9.17, 15) is 0 Å². The maximum absolute atomic E-state index is 2.35. The maximum Gasteiger partial charge on any atom is -0.0107 e. The van der Waals surface area contributed by atoms with Gasteiger partial charge in [-0.3, -0.25) is 0 Å². The number of rotatable bonds is 4. The van der Waals surface area contributed by atoms with Crippen molar-refractivity contribution in [3.05, 3.63) is 54.6 Å². The molecule has 0 fully saturated rings. The molecule has 100 valence electrons. The Balaban J connectivity index is 2.52. The van der Waals surface area contributed by atoms with E-state index in [4.69, 9.17) is 0 Å². The van der Waals surface area contributed by atoms with Crippen LogP contribution in [0.25, 0.3) is 11.1 Å². The summed E-state index contributed by atoms with van der Waals surface area (Å²) in [5.41, 5.74) is 4.20. The molecule has 1 heteroatoms. The standard InChI is InChI=1S/C18H23P/c1-14(2)19(15(3)4)18-13-9-8-12-17(18)16-10-6-5-7-11-16/h5-15H,1-4H3. The van der Waals surface area contributed by atoms with E-state index in [0.29, 0.717) is 0 Å². The summed E-state index contributed by atoms with van der Waals surface area (Å²) in [6.45, 7) is 9.42. The van der Waals surface area contributed by atoms with Crippen LogP contribution < -0.4 is 5.30 Å². The van der Waals surface area contributed by atoms with Crippen LogP contribution in [-0.2, 0) is 0 Å². The van der Waals surface area contributed by atoms with Crippen molar-refractivity contribution in [3.63, 3.8) is 0 Å². The van der Waals surface area contributed by atoms with Gasteiger partial charge < -0.3 is 0 Å². The van der Waals surface area contributed by atoms with E-state index < -0.39 is 0 Å². The summed E-state index contributed by atoms with van der Waals surface area (Å²) in [6, 6.07) is 19.7. The highest BCUT2D eigenvalue weighted by molar-refractivity contribution is 7.67. The molecular formula is C18H23P. The van der Waals surface area contributed by atoms with Crippen LogP contribution in [0, 0.1) is 0 Å². The van der Waals surface area contributed by atoms with Crippen molar-refractivity contribution < 1.29 is 0 Å². The molecule has 0 unspecified atom stereocenters. The normalized spacial score (nSPS) is 11.5. The third-order valence-corrected chi connectivity index (χ3v) is 6.55. The smallest absolute Gasteiger partial charge is 0.0107 e. The predicted molar refractivity (Wildman–Crippen MR) is 88.7 cm³/mol. The molecule has 0 aliphatic rings. The van der Waals surface area contributed by atoms with E-state index in [-0.39, 0.29) is 7.92 Å². The molecule has 0 amide bonds. The summed E-state index contributed by atoms with van der Waals surface area (Å²) in [4.78, 5) is 0. The highest BCUT2D eigenvalue weighted by Gasteiger charge is 2.21. The fourth-order valence-corrected chi connectivity index (χ4v) is 5.76. The van der Waals surface area contributed by atoms with E-state index in [1.807, 2.05) is 0 Å². The molecule has 0 bridgehead atoms. The largest absolute Gasteiger partial charge is 0.0694 e. The summed E-state index contributed by atoms with van der Waals surface area (Å²) >= 11 is 0. The molecule has 0 N–H and O–H groups in total. The predicted octanol–water partition coefficient (Wildman–Crippen LogP) is 5.28. The van der Waals surface area contributed by atoms with Crippen LogP contribution in [0.1, 0.15) is 27.7 Å². The van der Waals surface area contributed by atoms with Gasteiger partial charge >= 0.3 is 0 Å². The fourth-order valence-electron chi connectivity index (χ4n) is 2.71. The number of benzene rings is 2. The second-order valence-corrected chi connectivity index (χ2v) is 8.84. The lowest BCUT2D eigenvalue weighted by atomic mass is 10.1. The van der Waals surface area contributed by atoms with Crippen LogP contribution in [-0.4, -0.2) is 11.3 Å². The van der Waals surface area contributed by atoms with Crippen LogP contribution in [0.3, 0.4) is 0 Å². The van der Waals surface area contributed by atoms with Gasteiger partial charge in [-0.25, -0.2) is 0 Å². The molecule has 2 aromatic rings. The van der Waals surface area contributed by atoms with Gasteiger partial charge in [-0.1, -0.05) is 90.2 Å². The minimum atomic E-state index is -0.118. The Kier molecular flexibility index (Phi) is 4.77. The Hall–Kier alpha value is -1.13. The quantitative estimate of drug-likeness (QED) is 0.663. The molecule has 0 aliphatic carbocycles. The first-order valence-corrected chi connectivity index (χ1v) is 8.52. The average molecular weight is 270 g/mol. The number of hydrogen-bond donors (Lipinski definition) is 0. The zero-order chi connectivity index (χ0) is 13.8. The summed E-state index contributed by atoms with van der Waals surface area (Å²) in [7, 11) is -0.118. The summed E-state index contributed by atoms with van der Waals surface area (Å²) < 4.78 is 0. The molecule has 0 aromatic heterocycles. The Labute approximate surface area is 118 Å². The van der Waals surface area contributed by atoms with Crippen LogP contribution in [0.15, 0.2) is 54.6 Å². The van der Waals surface area contributed by atoms with Crippen molar-refractivity contribution >= 4 is 13.2 Å². The molecule has 0 saturated carbocycles. The molecule has 0 nitrogen and oxygen atoms in total. The van der Waals surface area contributed by atoms with Crippen LogP contribution in [0.2, 0.25) is 0 Å². The van der Waals surface area contributed by atoms with Crippen molar-refractivity contribution in [1.82, 2.24) is 0 Å². The topological polar surface area (TPSA) is 0 Å². The first kappa shape index (κ1) is 14.3. The van der Waals surface area contributed by atoms with Gasteiger partial charge in [0.15, 0.2) is 0 Å². The second kappa shape index (κ2) is 6.35. The Morgan fingerprint density at radius 1 is 0.684 bits per heavy atom. The second-order valence-electron chi connectivity index (χ2n) is 5.48. The third kappa shape index (κ3) is 3.25. The van der Waals surface area contributed by atoms with Gasteiger partial charge in [0, 0.05) is 0 Å². The van der Waals surface area contributed by atoms with Gasteiger partial charge in [-0.2, -0.15) is 0 Å². The SMILES string of the molecule is CC(C)P(c1ccccc1-c1ccccc1)C(C)C. The van der Waals surface area contributed by atoms with Gasteiger partial charge in [-0.05, 0) is 27.7 Å². The maximum atomic E-state index is 2.35. The molecule has 0 saturated heterocycles. The van der Waals surface area contributed by atoms with Crippen molar-refractivity contribution in [2.24, 2.45) is 0 Å². The van der Waals surface area contributed by atoms with E-state index in [1.165, 1.54) is 11.1 Å². The number of hydrogen-bond acceptors (Lipinski definition) is 0. The van der Waals surface area contributed by atoms with Crippen molar-refractivity contribution in [1.29, 1.82) is 0 Å². The van der Waals surface area contributed by atoms with E-state index in [2.05, 4.69) is 82.3 Å². The minimum Gasteiger partial charge on any atom is -0.0694 e. The van der Waals surface area contributed by atoms with Gasteiger partial charge in [0.2, 0.25) is 0 Å². The molecule has 0 heterocycles. The van der Waals surface area contributed by atoms with Crippen LogP contribution in [0.4, 0.5) is 0 Å². The Morgan fingerprint density at radius 2 is 1.21 bits per heavy atom. The average Bonchev–Trinajstić information content (AvgIpc) is 2.39. The van der Waals surface area contributed by atoms with Gasteiger partial charge in [0.25, 0.3) is 0 Å². The molecule has 0 aliphatic heterocycles. The highest BCUT2D eigenvalue weighted by Crippen LogP contribution is 2.47. The highest BCUT2D eigenvalue weighted by atomic mass is 31.1. The van der Waals surface area contributed by atoms with Crippen molar-refractivity contribution in [3.8, 4) is 11.1 Å². The first-order valence-electron chi connectivity index (χ1n) is 7.04. The molecular weight excluding hydrogens is 247 g/mol. The zero-order valence-corrected chi connectivity index (χ0v) is 13.2. The fraction of sp³-hybridized carbons (Fsp3) is 0.333. The first-order chi connectivity index (χ1) is 9.11. The van der Waals surface area contributed by atoms with Gasteiger partial charge in [-0.15, -0.1) is 0 Å². The lowest BCUT2D eigenvalue weighted by molar-refractivity contribution is 1.02. The lowest BCUT2D eigenvalue weighted by Crippen LogP contribution is -2.17. The van der Waals surface area contributed by atoms with Crippen molar-refractivity contribution in [2.75, 3.05) is 0 Å². The molecule has 0 atom stereocenters. The Morgan fingerprint density at radius 3 is 1.79 bits per heavy atom. The van der Waals surface area contributed by atoms with Crippen molar-refractivity contribution in [2.45, 2.75) is 39.0 Å². The van der Waals surface area contributed by atoms with E-state index in [1.54, 1.807) is 5.30 Å². The minimum absolute atomic E-state index is 0.118. The molecule has 0 spiro atoms. The third-order valence-electron chi connectivity index (χ3n) is 3.38. The summed E-state index contributed by atoms with van der Waals surface area (Å²) in [6.07, 6.45) is 0. The van der Waals surface area contributed by atoms with Gasteiger partial charge in [0.05, 0.1) is 0 Å². The van der Waals surface area contributed by atoms with Crippen LogP contribution in [0.5, 0.6) is 0 Å². The van der Waals surface area contributed by atoms with Crippen LogP contribution >= 0.6 is 7.92 Å². The van der Waals surface area contributed by atoms with E-state index in [0.717, 1.165) is 11.3 Å². The molecule has 19 heavy (non-hydrogen) atoms. The molecule has 0 radical (unpaired) electrons.